The lowest BCUT2D eigenvalue weighted by molar-refractivity contribution is -0.137. The maximum absolute atomic E-state index is 14.3. The van der Waals surface area contributed by atoms with Gasteiger partial charge in [0.15, 0.2) is 5.03 Å². The first kappa shape index (κ1) is 38.1. The second-order valence-corrected chi connectivity index (χ2v) is 14.5. The highest BCUT2D eigenvalue weighted by Gasteiger charge is 2.32. The van der Waals surface area contributed by atoms with Crippen molar-refractivity contribution in [2.45, 2.75) is 76.0 Å². The van der Waals surface area contributed by atoms with Gasteiger partial charge in [0.2, 0.25) is 0 Å². The summed E-state index contributed by atoms with van der Waals surface area (Å²) in [6.07, 6.45) is -0.0614. The minimum atomic E-state index is -4.41. The van der Waals surface area contributed by atoms with Gasteiger partial charge < -0.3 is 24.0 Å². The Hall–Kier alpha value is -3.66. The molecule has 270 valence electrons. The summed E-state index contributed by atoms with van der Waals surface area (Å²) in [5.74, 6) is -0.393. The first-order valence-corrected chi connectivity index (χ1v) is 17.7. The van der Waals surface area contributed by atoms with Crippen molar-refractivity contribution in [2.75, 3.05) is 38.1 Å². The van der Waals surface area contributed by atoms with Gasteiger partial charge in [0.1, 0.15) is 5.75 Å². The molecule has 0 radical (unpaired) electrons. The molecule has 2 aromatic carbocycles. The number of aliphatic hydroxyl groups excluding tert-OH is 1. The van der Waals surface area contributed by atoms with E-state index in [-0.39, 0.29) is 47.6 Å². The van der Waals surface area contributed by atoms with Crippen molar-refractivity contribution in [3.05, 3.63) is 71.7 Å². The maximum atomic E-state index is 14.3. The number of nitrogens with zero attached hydrogens (tertiary/aromatic N) is 4. The third-order valence-corrected chi connectivity index (χ3v) is 9.75. The number of fused-ring (bicyclic) bond motifs is 1. The van der Waals surface area contributed by atoms with Gasteiger partial charge in [0.05, 0.1) is 42.3 Å². The molecule has 0 saturated heterocycles. The number of hydrogen-bond donors (Lipinski definition) is 2. The van der Waals surface area contributed by atoms with Crippen LogP contribution in [0.1, 0.15) is 61.5 Å². The second kappa shape index (κ2) is 16.4. The van der Waals surface area contributed by atoms with Gasteiger partial charge >= 0.3 is 6.18 Å². The Bertz CT molecular complexity index is 1650. The molecule has 0 saturated carbocycles. The summed E-state index contributed by atoms with van der Waals surface area (Å²) in [6, 6.07) is 9.00. The molecule has 2 heterocycles. The third kappa shape index (κ3) is 10.4. The van der Waals surface area contributed by atoms with E-state index < -0.39 is 33.7 Å². The number of anilines is 1. The molecular weight excluding hydrogens is 663 g/mol. The monoisotopic (exact) mass is 709 g/mol. The van der Waals surface area contributed by atoms with Crippen LogP contribution >= 0.6 is 0 Å². The summed E-state index contributed by atoms with van der Waals surface area (Å²) in [5, 5.41) is 10.0. The number of aromatic nitrogens is 2. The highest BCUT2D eigenvalue weighted by Crippen LogP contribution is 2.31. The van der Waals surface area contributed by atoms with E-state index in [4.69, 9.17) is 9.47 Å². The van der Waals surface area contributed by atoms with Gasteiger partial charge in [-0.3, -0.25) is 14.4 Å². The summed E-state index contributed by atoms with van der Waals surface area (Å²) in [5.41, 5.74) is 0.291. The molecule has 0 bridgehead atoms. The first-order valence-electron chi connectivity index (χ1n) is 16.3. The molecule has 0 unspecified atom stereocenters. The Morgan fingerprint density at radius 3 is 2.49 bits per heavy atom. The van der Waals surface area contributed by atoms with Crippen LogP contribution in [0.5, 0.6) is 5.75 Å². The molecule has 49 heavy (non-hydrogen) atoms. The van der Waals surface area contributed by atoms with Gasteiger partial charge in [-0.15, -0.1) is 0 Å². The molecule has 11 nitrogen and oxygen atoms in total. The number of carbonyl (C=O) groups excluding carboxylic acids is 1. The number of aliphatic hydroxyl groups is 1. The maximum Gasteiger partial charge on any atom is 0.416 e. The SMILES string of the molecule is C[C@@H]1CCCCO[C@@H](CN(C)Cc2ccc(C(F)(F)F)cc2)[C@@H](C)CN([C@@H](C)CO)C(=O)c2cc(NS(=O)(=O)c3cn(C)cn3)ccc2O1. The van der Waals surface area contributed by atoms with Gasteiger partial charge in [0, 0.05) is 51.1 Å². The van der Waals surface area contributed by atoms with E-state index in [0.717, 1.165) is 30.5 Å². The molecular formula is C34H46F3N5O6S. The van der Waals surface area contributed by atoms with Gasteiger partial charge in [0.25, 0.3) is 15.9 Å². The van der Waals surface area contributed by atoms with Gasteiger partial charge in [-0.2, -0.15) is 21.6 Å². The highest BCUT2D eigenvalue weighted by molar-refractivity contribution is 7.92. The summed E-state index contributed by atoms with van der Waals surface area (Å²) in [7, 11) is -0.534. The van der Waals surface area contributed by atoms with E-state index in [1.165, 1.54) is 46.3 Å². The molecule has 1 amide bonds. The number of sulfonamides is 1. The Labute approximate surface area is 286 Å². The lowest BCUT2D eigenvalue weighted by Crippen LogP contribution is -2.47. The normalized spacial score (nSPS) is 20.7. The number of likely N-dealkylation sites (N-methyl/N-ethyl adjacent to an activating group) is 1. The summed E-state index contributed by atoms with van der Waals surface area (Å²) in [4.78, 5) is 21.8. The minimum absolute atomic E-state index is 0.134. The largest absolute Gasteiger partial charge is 0.490 e. The number of carbonyl (C=O) groups is 1. The van der Waals surface area contributed by atoms with Crippen molar-refractivity contribution in [3.63, 3.8) is 0 Å². The van der Waals surface area contributed by atoms with Crippen LogP contribution in [0.2, 0.25) is 0 Å². The smallest absolute Gasteiger partial charge is 0.416 e. The van der Waals surface area contributed by atoms with Crippen LogP contribution in [-0.2, 0) is 34.5 Å². The number of ether oxygens (including phenoxy) is 2. The second-order valence-electron chi connectivity index (χ2n) is 12.9. The van der Waals surface area contributed by atoms with Crippen molar-refractivity contribution < 1.29 is 41.0 Å². The molecule has 1 aliphatic heterocycles. The number of imidazole rings is 1. The van der Waals surface area contributed by atoms with Crippen molar-refractivity contribution in [1.29, 1.82) is 0 Å². The average molecular weight is 710 g/mol. The van der Waals surface area contributed by atoms with E-state index in [1.54, 1.807) is 20.0 Å². The van der Waals surface area contributed by atoms with Crippen molar-refractivity contribution >= 4 is 21.6 Å². The molecule has 4 atom stereocenters. The summed E-state index contributed by atoms with van der Waals surface area (Å²) < 4.78 is 81.9. The zero-order valence-electron chi connectivity index (χ0n) is 28.5. The van der Waals surface area contributed by atoms with Crippen molar-refractivity contribution in [3.8, 4) is 5.75 Å². The molecule has 0 aliphatic carbocycles. The summed E-state index contributed by atoms with van der Waals surface area (Å²) in [6.45, 7) is 6.73. The molecule has 0 spiro atoms. The van der Waals surface area contributed by atoms with Crippen LogP contribution in [0.15, 0.2) is 60.0 Å². The van der Waals surface area contributed by atoms with E-state index >= 15 is 0 Å². The Morgan fingerprint density at radius 1 is 1.14 bits per heavy atom. The fourth-order valence-electron chi connectivity index (χ4n) is 5.67. The summed E-state index contributed by atoms with van der Waals surface area (Å²) >= 11 is 0. The lowest BCUT2D eigenvalue weighted by atomic mass is 10.0. The predicted molar refractivity (Wildman–Crippen MR) is 179 cm³/mol. The van der Waals surface area contributed by atoms with E-state index in [9.17, 15) is 31.5 Å². The standard InChI is InChI=1S/C34H46F3N5O6S/c1-23-17-42(24(2)21-43)33(44)29-16-28(39-49(45,46)32-20-41(5)22-38-32)13-14-30(29)48-25(3)8-6-7-15-47-31(23)19-40(4)18-26-9-11-27(12-10-26)34(35,36)37/h9-14,16,20,22-25,31,39,43H,6-8,15,17-19,21H2,1-5H3/t23-,24-,25+,31-/m0/s1. The first-order chi connectivity index (χ1) is 23.1. The fourth-order valence-corrected chi connectivity index (χ4v) is 6.70. The van der Waals surface area contributed by atoms with Crippen LogP contribution in [0.4, 0.5) is 18.9 Å². The Kier molecular flexibility index (Phi) is 12.7. The van der Waals surface area contributed by atoms with Gasteiger partial charge in [-0.05, 0) is 76.1 Å². The van der Waals surface area contributed by atoms with Crippen molar-refractivity contribution in [1.82, 2.24) is 19.4 Å². The topological polar surface area (TPSA) is 126 Å². The highest BCUT2D eigenvalue weighted by atomic mass is 32.2. The number of halogens is 3. The Morgan fingerprint density at radius 2 is 1.86 bits per heavy atom. The average Bonchev–Trinajstić information content (AvgIpc) is 3.49. The number of rotatable bonds is 9. The van der Waals surface area contributed by atoms with Crippen LogP contribution in [0.25, 0.3) is 0 Å². The zero-order valence-corrected chi connectivity index (χ0v) is 29.3. The van der Waals surface area contributed by atoms with Crippen LogP contribution in [0, 0.1) is 5.92 Å². The quantitative estimate of drug-likeness (QED) is 0.312. The van der Waals surface area contributed by atoms with Crippen LogP contribution < -0.4 is 9.46 Å². The lowest BCUT2D eigenvalue weighted by Gasteiger charge is -2.36. The molecule has 3 aromatic rings. The van der Waals surface area contributed by atoms with E-state index in [1.807, 2.05) is 25.8 Å². The molecule has 15 heteroatoms. The van der Waals surface area contributed by atoms with E-state index in [0.29, 0.717) is 31.9 Å². The van der Waals surface area contributed by atoms with Crippen molar-refractivity contribution in [2.24, 2.45) is 13.0 Å². The number of aryl methyl sites for hydroxylation is 1. The minimum Gasteiger partial charge on any atom is -0.490 e. The molecule has 1 aromatic heterocycles. The Balaban J connectivity index is 1.60. The molecule has 2 N–H and O–H groups in total. The zero-order chi connectivity index (χ0) is 35.9. The third-order valence-electron chi connectivity index (χ3n) is 8.49. The number of hydrogen-bond acceptors (Lipinski definition) is 8. The molecule has 0 fully saturated rings. The molecule has 4 rings (SSSR count). The number of nitrogens with one attached hydrogen (secondary N) is 1. The molecule has 1 aliphatic rings. The van der Waals surface area contributed by atoms with Crippen LogP contribution in [-0.4, -0.2) is 90.4 Å². The van der Waals surface area contributed by atoms with Crippen LogP contribution in [0.3, 0.4) is 0 Å². The number of alkyl halides is 3. The van der Waals surface area contributed by atoms with Gasteiger partial charge in [-0.1, -0.05) is 19.1 Å². The fraction of sp³-hybridized carbons (Fsp3) is 0.529. The predicted octanol–water partition coefficient (Wildman–Crippen LogP) is 5.17. The van der Waals surface area contributed by atoms with E-state index in [2.05, 4.69) is 9.71 Å². The number of amides is 1. The van der Waals surface area contributed by atoms with Gasteiger partial charge in [-0.25, -0.2) is 4.98 Å². The number of benzene rings is 2.